The highest BCUT2D eigenvalue weighted by atomic mass is 35.5. The SMILES string of the molecule is CCOc1ccc(NC(=O)c2cc(-c3ccccc3)nc3c(Cl)cccc23)cc1. The molecule has 0 aliphatic rings. The van der Waals surface area contributed by atoms with Crippen molar-refractivity contribution in [3.8, 4) is 17.0 Å². The second-order valence-electron chi connectivity index (χ2n) is 6.47. The molecule has 1 heterocycles. The highest BCUT2D eigenvalue weighted by molar-refractivity contribution is 6.35. The predicted molar refractivity (Wildman–Crippen MR) is 118 cm³/mol. The molecule has 0 saturated heterocycles. The molecule has 1 aromatic heterocycles. The molecule has 29 heavy (non-hydrogen) atoms. The number of para-hydroxylation sites is 1. The van der Waals surface area contributed by atoms with Crippen LogP contribution in [0, 0.1) is 0 Å². The van der Waals surface area contributed by atoms with E-state index in [-0.39, 0.29) is 5.91 Å². The van der Waals surface area contributed by atoms with Gasteiger partial charge in [-0.3, -0.25) is 4.79 Å². The Labute approximate surface area is 174 Å². The number of nitrogens with zero attached hydrogens (tertiary/aromatic N) is 1. The summed E-state index contributed by atoms with van der Waals surface area (Å²) in [7, 11) is 0. The van der Waals surface area contributed by atoms with Crippen molar-refractivity contribution in [2.45, 2.75) is 6.92 Å². The van der Waals surface area contributed by atoms with Gasteiger partial charge in [-0.2, -0.15) is 0 Å². The van der Waals surface area contributed by atoms with E-state index in [0.29, 0.717) is 39.5 Å². The smallest absolute Gasteiger partial charge is 0.256 e. The van der Waals surface area contributed by atoms with E-state index in [1.807, 2.05) is 73.7 Å². The van der Waals surface area contributed by atoms with Crippen LogP contribution < -0.4 is 10.1 Å². The number of fused-ring (bicyclic) bond motifs is 1. The molecule has 1 amide bonds. The van der Waals surface area contributed by atoms with Crippen molar-refractivity contribution < 1.29 is 9.53 Å². The molecular formula is C24H19ClN2O2. The van der Waals surface area contributed by atoms with Crippen LogP contribution in [0.5, 0.6) is 5.75 Å². The van der Waals surface area contributed by atoms with Crippen LogP contribution in [0.3, 0.4) is 0 Å². The van der Waals surface area contributed by atoms with E-state index in [1.54, 1.807) is 12.1 Å². The van der Waals surface area contributed by atoms with Crippen molar-refractivity contribution in [1.82, 2.24) is 4.98 Å². The third-order valence-electron chi connectivity index (χ3n) is 4.53. The first kappa shape index (κ1) is 19.0. The zero-order valence-electron chi connectivity index (χ0n) is 15.9. The van der Waals surface area contributed by atoms with Crippen molar-refractivity contribution in [3.05, 3.63) is 89.4 Å². The van der Waals surface area contributed by atoms with Gasteiger partial charge in [0.2, 0.25) is 0 Å². The maximum Gasteiger partial charge on any atom is 0.256 e. The average molecular weight is 403 g/mol. The summed E-state index contributed by atoms with van der Waals surface area (Å²) in [5.74, 6) is 0.541. The van der Waals surface area contributed by atoms with Crippen LogP contribution in [0.4, 0.5) is 5.69 Å². The third-order valence-corrected chi connectivity index (χ3v) is 4.83. The Kier molecular flexibility index (Phi) is 5.45. The lowest BCUT2D eigenvalue weighted by Crippen LogP contribution is -2.13. The number of carbonyl (C=O) groups is 1. The van der Waals surface area contributed by atoms with E-state index in [1.165, 1.54) is 0 Å². The molecule has 0 spiro atoms. The van der Waals surface area contributed by atoms with Crippen molar-refractivity contribution in [3.63, 3.8) is 0 Å². The number of carbonyl (C=O) groups excluding carboxylic acids is 1. The lowest BCUT2D eigenvalue weighted by molar-refractivity contribution is 0.102. The summed E-state index contributed by atoms with van der Waals surface area (Å²) in [6, 6.07) is 24.3. The number of hydrogen-bond donors (Lipinski definition) is 1. The van der Waals surface area contributed by atoms with Crippen LogP contribution >= 0.6 is 11.6 Å². The van der Waals surface area contributed by atoms with Gasteiger partial charge in [0.25, 0.3) is 5.91 Å². The highest BCUT2D eigenvalue weighted by Crippen LogP contribution is 2.29. The number of amides is 1. The first-order chi connectivity index (χ1) is 14.2. The Morgan fingerprint density at radius 3 is 2.48 bits per heavy atom. The number of benzene rings is 3. The van der Waals surface area contributed by atoms with Gasteiger partial charge in [-0.1, -0.05) is 54.1 Å². The molecule has 0 saturated carbocycles. The lowest BCUT2D eigenvalue weighted by Gasteiger charge is -2.12. The molecule has 4 rings (SSSR count). The quantitative estimate of drug-likeness (QED) is 0.432. The fraction of sp³-hybridized carbons (Fsp3) is 0.0833. The summed E-state index contributed by atoms with van der Waals surface area (Å²) in [6.45, 7) is 2.53. The number of nitrogens with one attached hydrogen (secondary N) is 1. The second-order valence-corrected chi connectivity index (χ2v) is 6.88. The standard InChI is InChI=1S/C24H19ClN2O2/c1-2-29-18-13-11-17(12-14-18)26-24(28)20-15-22(16-7-4-3-5-8-16)27-23-19(20)9-6-10-21(23)25/h3-15H,2H2,1H3,(H,26,28). The minimum atomic E-state index is -0.221. The zero-order valence-corrected chi connectivity index (χ0v) is 16.6. The van der Waals surface area contributed by atoms with E-state index in [0.717, 1.165) is 11.3 Å². The van der Waals surface area contributed by atoms with Crippen molar-refractivity contribution >= 4 is 34.1 Å². The Bertz CT molecular complexity index is 1160. The fourth-order valence-corrected chi connectivity index (χ4v) is 3.37. The van der Waals surface area contributed by atoms with Gasteiger partial charge >= 0.3 is 0 Å². The Balaban J connectivity index is 1.75. The van der Waals surface area contributed by atoms with E-state index in [2.05, 4.69) is 5.32 Å². The molecule has 144 valence electrons. The largest absolute Gasteiger partial charge is 0.494 e. The summed E-state index contributed by atoms with van der Waals surface area (Å²) in [4.78, 5) is 17.8. The van der Waals surface area contributed by atoms with Crippen LogP contribution in [-0.4, -0.2) is 17.5 Å². The molecule has 4 nitrogen and oxygen atoms in total. The molecule has 0 aliphatic carbocycles. The number of rotatable bonds is 5. The van der Waals surface area contributed by atoms with Gasteiger partial charge in [0.1, 0.15) is 5.75 Å². The molecule has 0 bridgehead atoms. The predicted octanol–water partition coefficient (Wildman–Crippen LogP) is 6.21. The number of hydrogen-bond acceptors (Lipinski definition) is 3. The molecule has 1 N–H and O–H groups in total. The highest BCUT2D eigenvalue weighted by Gasteiger charge is 2.16. The molecule has 0 atom stereocenters. The second kappa shape index (κ2) is 8.33. The summed E-state index contributed by atoms with van der Waals surface area (Å²) in [5, 5.41) is 4.17. The molecule has 0 unspecified atom stereocenters. The Morgan fingerprint density at radius 2 is 1.76 bits per heavy atom. The summed E-state index contributed by atoms with van der Waals surface area (Å²) >= 11 is 6.39. The molecule has 5 heteroatoms. The number of anilines is 1. The van der Waals surface area contributed by atoms with E-state index < -0.39 is 0 Å². The van der Waals surface area contributed by atoms with Crippen LogP contribution in [0.15, 0.2) is 78.9 Å². The summed E-state index contributed by atoms with van der Waals surface area (Å²) in [5.41, 5.74) is 3.43. The van der Waals surface area contributed by atoms with Crippen LogP contribution in [-0.2, 0) is 0 Å². The molecular weight excluding hydrogens is 384 g/mol. The van der Waals surface area contributed by atoms with Gasteiger partial charge in [-0.05, 0) is 43.3 Å². The molecule has 4 aromatic rings. The first-order valence-electron chi connectivity index (χ1n) is 9.34. The molecule has 0 radical (unpaired) electrons. The molecule has 3 aromatic carbocycles. The Hall–Kier alpha value is -3.37. The van der Waals surface area contributed by atoms with Gasteiger partial charge in [0.15, 0.2) is 0 Å². The van der Waals surface area contributed by atoms with Crippen molar-refractivity contribution in [1.29, 1.82) is 0 Å². The van der Waals surface area contributed by atoms with Crippen LogP contribution in [0.1, 0.15) is 17.3 Å². The number of pyridine rings is 1. The van der Waals surface area contributed by atoms with Gasteiger partial charge < -0.3 is 10.1 Å². The lowest BCUT2D eigenvalue weighted by atomic mass is 10.0. The maximum absolute atomic E-state index is 13.1. The van der Waals surface area contributed by atoms with Gasteiger partial charge in [-0.25, -0.2) is 4.98 Å². The van der Waals surface area contributed by atoms with Crippen LogP contribution in [0.25, 0.3) is 22.2 Å². The normalized spacial score (nSPS) is 10.7. The van der Waals surface area contributed by atoms with Crippen molar-refractivity contribution in [2.24, 2.45) is 0 Å². The zero-order chi connectivity index (χ0) is 20.2. The van der Waals surface area contributed by atoms with Gasteiger partial charge in [-0.15, -0.1) is 0 Å². The number of ether oxygens (including phenoxy) is 1. The minimum absolute atomic E-state index is 0.221. The van der Waals surface area contributed by atoms with E-state index in [4.69, 9.17) is 21.3 Å². The van der Waals surface area contributed by atoms with Gasteiger partial charge in [0, 0.05) is 16.6 Å². The van der Waals surface area contributed by atoms with Gasteiger partial charge in [0.05, 0.1) is 28.4 Å². The first-order valence-corrected chi connectivity index (χ1v) is 9.72. The van der Waals surface area contributed by atoms with Crippen molar-refractivity contribution in [2.75, 3.05) is 11.9 Å². The Morgan fingerprint density at radius 1 is 1.00 bits per heavy atom. The summed E-state index contributed by atoms with van der Waals surface area (Å²) in [6.07, 6.45) is 0. The average Bonchev–Trinajstić information content (AvgIpc) is 2.75. The van der Waals surface area contributed by atoms with Crippen LogP contribution in [0.2, 0.25) is 5.02 Å². The third kappa shape index (κ3) is 4.08. The number of halogens is 1. The molecule has 0 fully saturated rings. The topological polar surface area (TPSA) is 51.2 Å². The molecule has 0 aliphatic heterocycles. The monoisotopic (exact) mass is 402 g/mol. The summed E-state index contributed by atoms with van der Waals surface area (Å²) < 4.78 is 5.45. The maximum atomic E-state index is 13.1. The van der Waals surface area contributed by atoms with E-state index in [9.17, 15) is 4.79 Å². The fourth-order valence-electron chi connectivity index (χ4n) is 3.16. The van der Waals surface area contributed by atoms with E-state index >= 15 is 0 Å². The minimum Gasteiger partial charge on any atom is -0.494 e. The number of aromatic nitrogens is 1.